The Bertz CT molecular complexity index is 677. The van der Waals surface area contributed by atoms with Crippen molar-refractivity contribution < 1.29 is 18.3 Å². The minimum absolute atomic E-state index is 0.197. The van der Waals surface area contributed by atoms with Crippen LogP contribution in [-0.4, -0.2) is 19.2 Å². The number of urea groups is 1. The molecule has 2 aromatic rings. The minimum Gasteiger partial charge on any atom is -0.494 e. The van der Waals surface area contributed by atoms with Gasteiger partial charge in [0.15, 0.2) is 0 Å². The van der Waals surface area contributed by atoms with Crippen LogP contribution in [0.25, 0.3) is 0 Å². The molecule has 0 heterocycles. The molecular formula is C17H18F2N2O2. The lowest BCUT2D eigenvalue weighted by Crippen LogP contribution is -2.30. The number of hydrogen-bond acceptors (Lipinski definition) is 2. The highest BCUT2D eigenvalue weighted by atomic mass is 19.1. The molecule has 23 heavy (non-hydrogen) atoms. The molecule has 0 saturated carbocycles. The number of nitrogens with one attached hydrogen (secondary N) is 2. The molecule has 0 fully saturated rings. The van der Waals surface area contributed by atoms with Gasteiger partial charge in [-0.2, -0.15) is 0 Å². The fourth-order valence-electron chi connectivity index (χ4n) is 2.08. The summed E-state index contributed by atoms with van der Waals surface area (Å²) >= 11 is 0. The molecule has 0 spiro atoms. The molecule has 2 rings (SSSR count). The van der Waals surface area contributed by atoms with Gasteiger partial charge in [0.1, 0.15) is 17.4 Å². The van der Waals surface area contributed by atoms with E-state index in [2.05, 4.69) is 10.6 Å². The van der Waals surface area contributed by atoms with Crippen molar-refractivity contribution in [3.8, 4) is 5.75 Å². The molecule has 0 atom stereocenters. The van der Waals surface area contributed by atoms with E-state index in [-0.39, 0.29) is 5.69 Å². The SMILES string of the molecule is CCOc1ccccc1CCNC(=O)Nc1cc(F)ccc1F. The molecule has 0 aliphatic heterocycles. The highest BCUT2D eigenvalue weighted by Crippen LogP contribution is 2.18. The number of hydrogen-bond donors (Lipinski definition) is 2. The molecule has 0 unspecified atom stereocenters. The summed E-state index contributed by atoms with van der Waals surface area (Å²) in [6.07, 6.45) is 0.565. The number of ether oxygens (including phenoxy) is 1. The van der Waals surface area contributed by atoms with Crippen molar-refractivity contribution in [2.75, 3.05) is 18.5 Å². The lowest BCUT2D eigenvalue weighted by Gasteiger charge is -2.11. The van der Waals surface area contributed by atoms with Gasteiger partial charge in [0.05, 0.1) is 12.3 Å². The van der Waals surface area contributed by atoms with E-state index in [0.717, 1.165) is 29.5 Å². The Morgan fingerprint density at radius 2 is 1.96 bits per heavy atom. The second-order valence-corrected chi connectivity index (χ2v) is 4.80. The molecule has 122 valence electrons. The van der Waals surface area contributed by atoms with Gasteiger partial charge in [-0.25, -0.2) is 13.6 Å². The van der Waals surface area contributed by atoms with Crippen LogP contribution >= 0.6 is 0 Å². The topological polar surface area (TPSA) is 50.4 Å². The monoisotopic (exact) mass is 320 g/mol. The molecule has 0 bridgehead atoms. The van der Waals surface area contributed by atoms with E-state index in [4.69, 9.17) is 4.74 Å². The summed E-state index contributed by atoms with van der Waals surface area (Å²) in [6.45, 7) is 2.80. The van der Waals surface area contributed by atoms with E-state index in [1.54, 1.807) is 0 Å². The van der Waals surface area contributed by atoms with Gasteiger partial charge in [-0.1, -0.05) is 18.2 Å². The van der Waals surface area contributed by atoms with Gasteiger partial charge in [-0.15, -0.1) is 0 Å². The summed E-state index contributed by atoms with van der Waals surface area (Å²) in [4.78, 5) is 11.7. The summed E-state index contributed by atoms with van der Waals surface area (Å²) < 4.78 is 32.0. The van der Waals surface area contributed by atoms with Gasteiger partial charge in [0.2, 0.25) is 0 Å². The summed E-state index contributed by atoms with van der Waals surface area (Å²) in [5, 5.41) is 4.88. The third-order valence-corrected chi connectivity index (χ3v) is 3.13. The summed E-state index contributed by atoms with van der Waals surface area (Å²) in [7, 11) is 0. The number of anilines is 1. The first kappa shape index (κ1) is 16.7. The number of rotatable bonds is 6. The van der Waals surface area contributed by atoms with E-state index in [1.807, 2.05) is 31.2 Å². The van der Waals surface area contributed by atoms with Crippen molar-refractivity contribution in [1.82, 2.24) is 5.32 Å². The second kappa shape index (κ2) is 8.12. The first-order valence-corrected chi connectivity index (χ1v) is 7.30. The van der Waals surface area contributed by atoms with Gasteiger partial charge in [-0.3, -0.25) is 0 Å². The Hall–Kier alpha value is -2.63. The van der Waals surface area contributed by atoms with Crippen molar-refractivity contribution in [2.45, 2.75) is 13.3 Å². The molecule has 4 nitrogen and oxygen atoms in total. The molecule has 2 aromatic carbocycles. The first-order valence-electron chi connectivity index (χ1n) is 7.30. The average molecular weight is 320 g/mol. The number of para-hydroxylation sites is 1. The zero-order valence-corrected chi connectivity index (χ0v) is 12.7. The zero-order valence-electron chi connectivity index (χ0n) is 12.7. The molecular weight excluding hydrogens is 302 g/mol. The second-order valence-electron chi connectivity index (χ2n) is 4.80. The Labute approximate surface area is 133 Å². The fourth-order valence-corrected chi connectivity index (χ4v) is 2.08. The molecule has 6 heteroatoms. The van der Waals surface area contributed by atoms with Gasteiger partial charge in [0, 0.05) is 12.6 Å². The lowest BCUT2D eigenvalue weighted by molar-refractivity contribution is 0.252. The van der Waals surface area contributed by atoms with Crippen LogP contribution < -0.4 is 15.4 Å². The average Bonchev–Trinajstić information content (AvgIpc) is 2.53. The number of halogens is 2. The number of carbonyl (C=O) groups is 1. The van der Waals surface area contributed by atoms with Crippen LogP contribution in [0.1, 0.15) is 12.5 Å². The maximum absolute atomic E-state index is 13.4. The Morgan fingerprint density at radius 3 is 2.74 bits per heavy atom. The number of carbonyl (C=O) groups excluding carboxylic acids is 1. The largest absolute Gasteiger partial charge is 0.494 e. The van der Waals surface area contributed by atoms with Crippen molar-refractivity contribution in [2.24, 2.45) is 0 Å². The predicted octanol–water partition coefficient (Wildman–Crippen LogP) is 3.73. The molecule has 2 amide bonds. The van der Waals surface area contributed by atoms with Crippen LogP contribution in [-0.2, 0) is 6.42 Å². The minimum atomic E-state index is -0.691. The highest BCUT2D eigenvalue weighted by molar-refractivity contribution is 5.89. The first-order chi connectivity index (χ1) is 11.1. The van der Waals surface area contributed by atoms with E-state index >= 15 is 0 Å². The van der Waals surface area contributed by atoms with Gasteiger partial charge in [0.25, 0.3) is 0 Å². The summed E-state index contributed by atoms with van der Waals surface area (Å²) in [6, 6.07) is 9.83. The quantitative estimate of drug-likeness (QED) is 0.852. The van der Waals surface area contributed by atoms with E-state index in [1.165, 1.54) is 0 Å². The zero-order chi connectivity index (χ0) is 16.7. The third kappa shape index (κ3) is 4.95. The molecule has 2 N–H and O–H groups in total. The molecule has 0 radical (unpaired) electrons. The fraction of sp³-hybridized carbons (Fsp3) is 0.235. The number of benzene rings is 2. The number of amides is 2. The standard InChI is InChI=1S/C17H18F2N2O2/c1-2-23-16-6-4-3-5-12(16)9-10-20-17(22)21-15-11-13(18)7-8-14(15)19/h3-8,11H,2,9-10H2,1H3,(H2,20,21,22). The van der Waals surface area contributed by atoms with Crippen molar-refractivity contribution >= 4 is 11.7 Å². The van der Waals surface area contributed by atoms with Gasteiger partial charge >= 0.3 is 6.03 Å². The maximum Gasteiger partial charge on any atom is 0.319 e. The van der Waals surface area contributed by atoms with Crippen LogP contribution in [0.2, 0.25) is 0 Å². The molecule has 0 aliphatic carbocycles. The van der Waals surface area contributed by atoms with Crippen molar-refractivity contribution in [3.63, 3.8) is 0 Å². The summed E-state index contributed by atoms with van der Waals surface area (Å²) in [5.41, 5.74) is 0.767. The van der Waals surface area contributed by atoms with E-state index < -0.39 is 17.7 Å². The lowest BCUT2D eigenvalue weighted by atomic mass is 10.1. The Morgan fingerprint density at radius 1 is 1.17 bits per heavy atom. The van der Waals surface area contributed by atoms with Crippen LogP contribution in [0.15, 0.2) is 42.5 Å². The molecule has 0 saturated heterocycles. The van der Waals surface area contributed by atoms with Crippen LogP contribution in [0, 0.1) is 11.6 Å². The molecule has 0 aromatic heterocycles. The third-order valence-electron chi connectivity index (χ3n) is 3.13. The van der Waals surface area contributed by atoms with E-state index in [0.29, 0.717) is 19.6 Å². The maximum atomic E-state index is 13.4. The van der Waals surface area contributed by atoms with Gasteiger partial charge in [-0.05, 0) is 37.1 Å². The van der Waals surface area contributed by atoms with Crippen molar-refractivity contribution in [3.05, 3.63) is 59.7 Å². The van der Waals surface area contributed by atoms with Crippen molar-refractivity contribution in [1.29, 1.82) is 0 Å². The van der Waals surface area contributed by atoms with Crippen LogP contribution in [0.3, 0.4) is 0 Å². The smallest absolute Gasteiger partial charge is 0.319 e. The Kier molecular flexibility index (Phi) is 5.91. The van der Waals surface area contributed by atoms with E-state index in [9.17, 15) is 13.6 Å². The normalized spacial score (nSPS) is 10.2. The molecule has 0 aliphatic rings. The Balaban J connectivity index is 1.87. The van der Waals surface area contributed by atoms with Gasteiger partial charge < -0.3 is 15.4 Å². The predicted molar refractivity (Wildman–Crippen MR) is 84.7 cm³/mol. The summed E-state index contributed by atoms with van der Waals surface area (Å²) in [5.74, 6) is -0.538. The highest BCUT2D eigenvalue weighted by Gasteiger charge is 2.08. The van der Waals surface area contributed by atoms with Crippen LogP contribution in [0.4, 0.5) is 19.3 Å². The van der Waals surface area contributed by atoms with Crippen LogP contribution in [0.5, 0.6) is 5.75 Å².